The van der Waals surface area contributed by atoms with Crippen LogP contribution in [0.5, 0.6) is 0 Å². The van der Waals surface area contributed by atoms with Gasteiger partial charge in [0.05, 0.1) is 24.5 Å². The summed E-state index contributed by atoms with van der Waals surface area (Å²) in [5, 5.41) is 5.39. The lowest BCUT2D eigenvalue weighted by atomic mass is 9.50. The van der Waals surface area contributed by atoms with Crippen LogP contribution in [0.1, 0.15) is 86.2 Å². The number of ether oxygens (including phenoxy) is 3. The fourth-order valence-electron chi connectivity index (χ4n) is 7.31. The maximum absolute atomic E-state index is 12.9. The highest BCUT2D eigenvalue weighted by molar-refractivity contribution is 7.14. The van der Waals surface area contributed by atoms with Crippen LogP contribution < -0.4 is 10.6 Å². The number of esters is 2. The summed E-state index contributed by atoms with van der Waals surface area (Å²) in [4.78, 5) is 51.8. The number of carbonyl (C=O) groups is 4. The second-order valence-corrected chi connectivity index (χ2v) is 14.2. The van der Waals surface area contributed by atoms with E-state index >= 15 is 0 Å². The summed E-state index contributed by atoms with van der Waals surface area (Å²) in [6, 6.07) is 2.46. The summed E-state index contributed by atoms with van der Waals surface area (Å²) in [5.41, 5.74) is -0.694. The van der Waals surface area contributed by atoms with Gasteiger partial charge >= 0.3 is 18.0 Å². The molecular formula is C29H40N2O7S. The maximum atomic E-state index is 12.9. The van der Waals surface area contributed by atoms with Gasteiger partial charge in [-0.1, -0.05) is 0 Å². The highest BCUT2D eigenvalue weighted by Crippen LogP contribution is 2.60. The highest BCUT2D eigenvalue weighted by atomic mass is 32.1. The van der Waals surface area contributed by atoms with Crippen LogP contribution in [0.4, 0.5) is 4.79 Å². The summed E-state index contributed by atoms with van der Waals surface area (Å²) in [5.74, 6) is 0.920. The number of methoxy groups -OCH3 is 1. The van der Waals surface area contributed by atoms with Gasteiger partial charge in [-0.15, -0.1) is 11.3 Å². The number of rotatable bonds is 9. The minimum Gasteiger partial charge on any atom is -0.469 e. The van der Waals surface area contributed by atoms with Crippen LogP contribution in [0.25, 0.3) is 0 Å². The quantitative estimate of drug-likeness (QED) is 0.339. The largest absolute Gasteiger partial charge is 0.469 e. The Kier molecular flexibility index (Phi) is 7.70. The molecule has 9 nitrogen and oxygen atoms in total. The smallest absolute Gasteiger partial charge is 0.407 e. The molecule has 5 aliphatic rings. The molecule has 2 N–H and O–H groups in total. The third kappa shape index (κ3) is 6.58. The van der Waals surface area contributed by atoms with E-state index in [-0.39, 0.29) is 35.7 Å². The Hall–Kier alpha value is -2.62. The molecule has 3 atom stereocenters. The van der Waals surface area contributed by atoms with Gasteiger partial charge in [-0.3, -0.25) is 9.59 Å². The van der Waals surface area contributed by atoms with Gasteiger partial charge in [-0.25, -0.2) is 9.59 Å². The Morgan fingerprint density at radius 2 is 1.67 bits per heavy atom. The van der Waals surface area contributed by atoms with Crippen molar-refractivity contribution >= 4 is 35.3 Å². The lowest BCUT2D eigenvalue weighted by Crippen LogP contribution is -2.52. The fraction of sp³-hybridized carbons (Fsp3) is 0.724. The molecule has 1 aromatic heterocycles. The van der Waals surface area contributed by atoms with Crippen molar-refractivity contribution in [2.45, 2.75) is 83.3 Å². The third-order valence-electron chi connectivity index (χ3n) is 8.64. The first-order chi connectivity index (χ1) is 18.4. The first-order valence-electron chi connectivity index (χ1n) is 14.1. The van der Waals surface area contributed by atoms with Crippen LogP contribution in [-0.4, -0.2) is 55.8 Å². The topological polar surface area (TPSA) is 120 Å². The summed E-state index contributed by atoms with van der Waals surface area (Å²) >= 11 is 1.31. The van der Waals surface area contributed by atoms with Crippen molar-refractivity contribution in [1.82, 2.24) is 10.6 Å². The van der Waals surface area contributed by atoms with Crippen LogP contribution in [0.15, 0.2) is 12.1 Å². The lowest BCUT2D eigenvalue weighted by molar-refractivity contribution is -0.157. The standard InChI is InChI=1S/C29H40N2O7S/c1-28(2,3)38-26(34)21(14-30-24(32)23-6-5-22(39-23)19-10-20(19)25(33)36-4)31-27(35)37-15-29-11-16-7-17(12-29)9-18(8-16)13-29/h5-6,16-21H,7-15H2,1-4H3,(H,30,32)(H,31,35)/t16?,17?,18?,19?,20?,21-,29?/m0/s1. The van der Waals surface area contributed by atoms with E-state index in [0.29, 0.717) is 17.9 Å². The SMILES string of the molecule is COC(=O)C1CC1c1ccc(C(=O)NC[C@H](NC(=O)OCC23CC4CC(CC(C4)C2)C3)C(=O)OC(C)(C)C)s1. The van der Waals surface area contributed by atoms with Gasteiger partial charge in [0.15, 0.2) is 0 Å². The number of alkyl carbamates (subject to hydrolysis) is 1. The van der Waals surface area contributed by atoms with E-state index in [4.69, 9.17) is 14.2 Å². The van der Waals surface area contributed by atoms with Crippen molar-refractivity contribution in [2.24, 2.45) is 29.1 Å². The first-order valence-corrected chi connectivity index (χ1v) is 14.9. The molecule has 5 saturated carbocycles. The minimum atomic E-state index is -1.09. The van der Waals surface area contributed by atoms with E-state index < -0.39 is 23.7 Å². The predicted molar refractivity (Wildman–Crippen MR) is 144 cm³/mol. The molecule has 0 aliphatic heterocycles. The highest BCUT2D eigenvalue weighted by Gasteiger charge is 2.51. The summed E-state index contributed by atoms with van der Waals surface area (Å²) in [7, 11) is 1.37. The normalized spacial score (nSPS) is 31.2. The molecule has 5 aliphatic carbocycles. The number of thiophene rings is 1. The van der Waals surface area contributed by atoms with E-state index in [1.165, 1.54) is 37.7 Å². The van der Waals surface area contributed by atoms with Crippen molar-refractivity contribution in [1.29, 1.82) is 0 Å². The molecule has 4 bridgehead atoms. The first kappa shape index (κ1) is 27.9. The average molecular weight is 561 g/mol. The van der Waals surface area contributed by atoms with Crippen molar-refractivity contribution < 1.29 is 33.4 Å². The molecule has 0 aromatic carbocycles. The van der Waals surface area contributed by atoms with Crippen LogP contribution >= 0.6 is 11.3 Å². The molecule has 214 valence electrons. The molecular weight excluding hydrogens is 520 g/mol. The molecule has 10 heteroatoms. The van der Waals surface area contributed by atoms with Gasteiger partial charge in [0, 0.05) is 22.8 Å². The monoisotopic (exact) mass is 560 g/mol. The molecule has 5 fully saturated rings. The number of nitrogens with one attached hydrogen (secondary N) is 2. The van der Waals surface area contributed by atoms with Crippen molar-refractivity contribution in [3.8, 4) is 0 Å². The van der Waals surface area contributed by atoms with Gasteiger partial charge in [0.25, 0.3) is 5.91 Å². The summed E-state index contributed by atoms with van der Waals surface area (Å²) in [6.07, 6.45) is 7.31. The third-order valence-corrected chi connectivity index (χ3v) is 9.85. The van der Waals surface area contributed by atoms with Crippen molar-refractivity contribution in [3.63, 3.8) is 0 Å². The van der Waals surface area contributed by atoms with E-state index in [0.717, 1.165) is 41.9 Å². The van der Waals surface area contributed by atoms with Gasteiger partial charge in [-0.05, 0) is 95.6 Å². The second-order valence-electron chi connectivity index (χ2n) is 13.1. The van der Waals surface area contributed by atoms with E-state index in [2.05, 4.69) is 10.6 Å². The number of hydrogen-bond acceptors (Lipinski definition) is 8. The van der Waals surface area contributed by atoms with Crippen LogP contribution in [0, 0.1) is 29.1 Å². The van der Waals surface area contributed by atoms with E-state index in [1.54, 1.807) is 26.8 Å². The second kappa shape index (κ2) is 10.7. The zero-order chi connectivity index (χ0) is 27.9. The Morgan fingerprint density at radius 1 is 1.03 bits per heavy atom. The molecule has 0 radical (unpaired) electrons. The Morgan fingerprint density at radius 3 is 2.26 bits per heavy atom. The molecule has 0 spiro atoms. The Balaban J connectivity index is 1.16. The van der Waals surface area contributed by atoms with Gasteiger partial charge < -0.3 is 24.8 Å². The van der Waals surface area contributed by atoms with Crippen molar-refractivity contribution in [3.05, 3.63) is 21.9 Å². The lowest BCUT2D eigenvalue weighted by Gasteiger charge is -2.56. The average Bonchev–Trinajstić information content (AvgIpc) is 3.50. The minimum absolute atomic E-state index is 0.0625. The zero-order valence-electron chi connectivity index (χ0n) is 23.2. The van der Waals surface area contributed by atoms with E-state index in [1.807, 2.05) is 6.07 Å². The molecule has 39 heavy (non-hydrogen) atoms. The molecule has 2 unspecified atom stereocenters. The Labute approximate surface area is 233 Å². The predicted octanol–water partition coefficient (Wildman–Crippen LogP) is 4.41. The van der Waals surface area contributed by atoms with Crippen LogP contribution in [0.2, 0.25) is 0 Å². The Bertz CT molecular complexity index is 1090. The number of hydrogen-bond donors (Lipinski definition) is 2. The van der Waals surface area contributed by atoms with Crippen LogP contribution in [-0.2, 0) is 23.8 Å². The number of amides is 2. The molecule has 6 rings (SSSR count). The van der Waals surface area contributed by atoms with E-state index in [9.17, 15) is 19.2 Å². The van der Waals surface area contributed by atoms with Gasteiger partial charge in [0.1, 0.15) is 11.6 Å². The van der Waals surface area contributed by atoms with Crippen molar-refractivity contribution in [2.75, 3.05) is 20.3 Å². The molecule has 1 heterocycles. The van der Waals surface area contributed by atoms with Gasteiger partial charge in [-0.2, -0.15) is 0 Å². The zero-order valence-corrected chi connectivity index (χ0v) is 24.1. The van der Waals surface area contributed by atoms with Gasteiger partial charge in [0.2, 0.25) is 0 Å². The van der Waals surface area contributed by atoms with Crippen LogP contribution in [0.3, 0.4) is 0 Å². The number of carbonyl (C=O) groups excluding carboxylic acids is 4. The summed E-state index contributed by atoms with van der Waals surface area (Å²) < 4.78 is 16.0. The molecule has 0 saturated heterocycles. The molecule has 2 amide bonds. The maximum Gasteiger partial charge on any atom is 0.407 e. The summed E-state index contributed by atoms with van der Waals surface area (Å²) in [6.45, 7) is 5.47. The fourth-order valence-corrected chi connectivity index (χ4v) is 8.42. The molecule has 1 aromatic rings.